The van der Waals surface area contributed by atoms with Crippen LogP contribution >= 0.6 is 0 Å². The molecule has 0 aromatic heterocycles. The summed E-state index contributed by atoms with van der Waals surface area (Å²) in [7, 11) is 0. The number of likely N-dealkylation sites (tertiary alicyclic amines) is 1. The summed E-state index contributed by atoms with van der Waals surface area (Å²) in [5.41, 5.74) is 5.06. The Morgan fingerprint density at radius 1 is 1.16 bits per heavy atom. The van der Waals surface area contributed by atoms with Crippen molar-refractivity contribution in [2.45, 2.75) is 45.6 Å². The average molecular weight is 435 g/mol. The fraction of sp³-hybridized carbons (Fsp3) is 0.462. The number of carbonyl (C=O) groups excluding carboxylic acids is 1. The van der Waals surface area contributed by atoms with Gasteiger partial charge in [-0.1, -0.05) is 6.07 Å². The SMILES string of the molecule is CCOc1cc(CN2CC3(CC(=O)N(c4ccc(C(=O)O)cc4)C3)C2)c(C2CC2)cc1C. The number of carbonyl (C=O) groups is 2. The van der Waals surface area contributed by atoms with Crippen LogP contribution in [0, 0.1) is 12.3 Å². The Balaban J connectivity index is 1.27. The summed E-state index contributed by atoms with van der Waals surface area (Å²) in [6.45, 7) is 8.22. The fourth-order valence-corrected chi connectivity index (χ4v) is 5.36. The van der Waals surface area contributed by atoms with Crippen molar-refractivity contribution in [2.24, 2.45) is 5.41 Å². The molecule has 32 heavy (non-hydrogen) atoms. The van der Waals surface area contributed by atoms with E-state index in [2.05, 4.69) is 24.0 Å². The molecule has 3 aliphatic rings. The molecule has 2 aromatic rings. The minimum absolute atomic E-state index is 0.00422. The number of hydrogen-bond acceptors (Lipinski definition) is 4. The predicted molar refractivity (Wildman–Crippen MR) is 122 cm³/mol. The van der Waals surface area contributed by atoms with Crippen LogP contribution in [0.5, 0.6) is 5.75 Å². The number of hydrogen-bond donors (Lipinski definition) is 1. The Morgan fingerprint density at radius 3 is 2.50 bits per heavy atom. The number of amides is 1. The van der Waals surface area contributed by atoms with Gasteiger partial charge in [0, 0.05) is 43.7 Å². The lowest BCUT2D eigenvalue weighted by Crippen LogP contribution is -2.56. The van der Waals surface area contributed by atoms with E-state index in [0.717, 1.165) is 31.1 Å². The molecule has 0 unspecified atom stereocenters. The second-order valence-corrected chi connectivity index (χ2v) is 9.68. The highest BCUT2D eigenvalue weighted by molar-refractivity contribution is 5.97. The van der Waals surface area contributed by atoms with Gasteiger partial charge in [0.25, 0.3) is 0 Å². The largest absolute Gasteiger partial charge is 0.494 e. The van der Waals surface area contributed by atoms with Gasteiger partial charge in [-0.15, -0.1) is 0 Å². The van der Waals surface area contributed by atoms with Gasteiger partial charge >= 0.3 is 5.97 Å². The van der Waals surface area contributed by atoms with Gasteiger partial charge in [0.2, 0.25) is 5.91 Å². The van der Waals surface area contributed by atoms with Crippen molar-refractivity contribution in [2.75, 3.05) is 31.1 Å². The summed E-state index contributed by atoms with van der Waals surface area (Å²) >= 11 is 0. The van der Waals surface area contributed by atoms with Crippen LogP contribution in [0.2, 0.25) is 0 Å². The van der Waals surface area contributed by atoms with Gasteiger partial charge in [-0.2, -0.15) is 0 Å². The molecule has 5 rings (SSSR count). The number of aryl methyl sites for hydroxylation is 1. The number of anilines is 1. The minimum atomic E-state index is -0.954. The molecule has 6 heteroatoms. The molecule has 2 aliphatic heterocycles. The maximum atomic E-state index is 12.7. The first kappa shape index (κ1) is 21.0. The van der Waals surface area contributed by atoms with E-state index in [1.54, 1.807) is 24.3 Å². The Kier molecular flexibility index (Phi) is 5.20. The highest BCUT2D eigenvalue weighted by Gasteiger charge is 2.51. The monoisotopic (exact) mass is 434 g/mol. The number of ether oxygens (including phenoxy) is 1. The number of nitrogens with zero attached hydrogens (tertiary/aromatic N) is 2. The zero-order valence-electron chi connectivity index (χ0n) is 18.8. The van der Waals surface area contributed by atoms with Crippen LogP contribution in [0.4, 0.5) is 5.69 Å². The average Bonchev–Trinajstić information content (AvgIpc) is 3.52. The van der Waals surface area contributed by atoms with E-state index in [4.69, 9.17) is 9.84 Å². The van der Waals surface area contributed by atoms with Crippen LogP contribution in [0.1, 0.15) is 59.2 Å². The maximum Gasteiger partial charge on any atom is 0.335 e. The number of carboxylic acid groups (broad SMARTS) is 1. The van der Waals surface area contributed by atoms with E-state index in [0.29, 0.717) is 25.5 Å². The highest BCUT2D eigenvalue weighted by Crippen LogP contribution is 2.46. The first-order chi connectivity index (χ1) is 15.4. The van der Waals surface area contributed by atoms with Crippen LogP contribution in [0.25, 0.3) is 0 Å². The third-order valence-corrected chi connectivity index (χ3v) is 7.01. The summed E-state index contributed by atoms with van der Waals surface area (Å²) < 4.78 is 5.85. The van der Waals surface area contributed by atoms with E-state index in [1.807, 2.05) is 11.8 Å². The van der Waals surface area contributed by atoms with Crippen molar-refractivity contribution >= 4 is 17.6 Å². The van der Waals surface area contributed by atoms with Crippen LogP contribution in [-0.2, 0) is 11.3 Å². The molecule has 2 heterocycles. The molecule has 168 valence electrons. The quantitative estimate of drug-likeness (QED) is 0.707. The Bertz CT molecular complexity index is 1050. The normalized spacial score (nSPS) is 19.9. The van der Waals surface area contributed by atoms with Gasteiger partial charge in [0.1, 0.15) is 5.75 Å². The van der Waals surface area contributed by atoms with E-state index in [1.165, 1.54) is 29.5 Å². The van der Waals surface area contributed by atoms with Crippen LogP contribution in [0.3, 0.4) is 0 Å². The van der Waals surface area contributed by atoms with E-state index >= 15 is 0 Å². The standard InChI is InChI=1S/C26H30N2O4/c1-3-32-23-11-20(22(10-17(23)2)18-4-5-18)13-27-14-26(15-27)12-24(29)28(16-26)21-8-6-19(7-9-21)25(30)31/h6-11,18H,3-5,12-16H2,1-2H3,(H,30,31). The molecule has 0 atom stereocenters. The lowest BCUT2D eigenvalue weighted by molar-refractivity contribution is -0.119. The van der Waals surface area contributed by atoms with Gasteiger partial charge in [-0.25, -0.2) is 4.79 Å². The molecule has 1 aliphatic carbocycles. The summed E-state index contributed by atoms with van der Waals surface area (Å²) in [5, 5.41) is 9.10. The molecule has 2 aromatic carbocycles. The number of carboxylic acids is 1. The first-order valence-electron chi connectivity index (χ1n) is 11.5. The highest BCUT2D eigenvalue weighted by atomic mass is 16.5. The fourth-order valence-electron chi connectivity index (χ4n) is 5.36. The van der Waals surface area contributed by atoms with Crippen LogP contribution < -0.4 is 9.64 Å². The predicted octanol–water partition coefficient (Wildman–Crippen LogP) is 4.21. The summed E-state index contributed by atoms with van der Waals surface area (Å²) in [5.74, 6) is 0.839. The third kappa shape index (κ3) is 3.88. The molecule has 2 saturated heterocycles. The third-order valence-electron chi connectivity index (χ3n) is 7.01. The molecular formula is C26H30N2O4. The molecule has 1 saturated carbocycles. The Labute approximate surface area is 188 Å². The second kappa shape index (κ2) is 7.93. The lowest BCUT2D eigenvalue weighted by Gasteiger charge is -2.47. The number of aromatic carboxylic acids is 1. The minimum Gasteiger partial charge on any atom is -0.494 e. The van der Waals surface area contributed by atoms with Crippen molar-refractivity contribution in [3.8, 4) is 5.75 Å². The van der Waals surface area contributed by atoms with Crippen molar-refractivity contribution in [1.82, 2.24) is 4.90 Å². The van der Waals surface area contributed by atoms with Crippen LogP contribution in [-0.4, -0.2) is 48.1 Å². The smallest absolute Gasteiger partial charge is 0.335 e. The second-order valence-electron chi connectivity index (χ2n) is 9.68. The Hall–Kier alpha value is -2.86. The maximum absolute atomic E-state index is 12.7. The van der Waals surface area contributed by atoms with Gasteiger partial charge < -0.3 is 14.7 Å². The zero-order chi connectivity index (χ0) is 22.5. The topological polar surface area (TPSA) is 70.1 Å². The van der Waals surface area contributed by atoms with E-state index < -0.39 is 5.97 Å². The molecule has 1 N–H and O–H groups in total. The van der Waals surface area contributed by atoms with E-state index in [-0.39, 0.29) is 16.9 Å². The molecule has 0 radical (unpaired) electrons. The lowest BCUT2D eigenvalue weighted by atomic mass is 9.78. The van der Waals surface area contributed by atoms with Crippen molar-refractivity contribution < 1.29 is 19.4 Å². The van der Waals surface area contributed by atoms with Gasteiger partial charge in [0.15, 0.2) is 0 Å². The van der Waals surface area contributed by atoms with Crippen molar-refractivity contribution in [1.29, 1.82) is 0 Å². The molecule has 3 fully saturated rings. The van der Waals surface area contributed by atoms with Crippen molar-refractivity contribution in [3.63, 3.8) is 0 Å². The Morgan fingerprint density at radius 2 is 1.88 bits per heavy atom. The summed E-state index contributed by atoms with van der Waals surface area (Å²) in [6, 6.07) is 11.1. The summed E-state index contributed by atoms with van der Waals surface area (Å²) in [4.78, 5) is 28.1. The zero-order valence-corrected chi connectivity index (χ0v) is 18.8. The molecular weight excluding hydrogens is 404 g/mol. The molecule has 6 nitrogen and oxygen atoms in total. The molecule has 1 amide bonds. The van der Waals surface area contributed by atoms with E-state index in [9.17, 15) is 9.59 Å². The molecule has 0 bridgehead atoms. The van der Waals surface area contributed by atoms with Gasteiger partial charge in [0.05, 0.1) is 12.2 Å². The summed E-state index contributed by atoms with van der Waals surface area (Å²) in [6.07, 6.45) is 3.10. The first-order valence-corrected chi connectivity index (χ1v) is 11.5. The van der Waals surface area contributed by atoms with Crippen LogP contribution in [0.15, 0.2) is 36.4 Å². The number of benzene rings is 2. The van der Waals surface area contributed by atoms with Crippen molar-refractivity contribution in [3.05, 3.63) is 58.7 Å². The number of rotatable bonds is 7. The van der Waals surface area contributed by atoms with Gasteiger partial charge in [-0.05, 0) is 79.6 Å². The molecule has 1 spiro atoms. The van der Waals surface area contributed by atoms with Gasteiger partial charge in [-0.3, -0.25) is 9.69 Å².